The van der Waals surface area contributed by atoms with Crippen molar-refractivity contribution in [2.24, 2.45) is 0 Å². The number of carbonyl (C=O) groups is 1. The molecule has 0 aliphatic rings. The van der Waals surface area contributed by atoms with Gasteiger partial charge >= 0.3 is 0 Å². The van der Waals surface area contributed by atoms with E-state index in [4.69, 9.17) is 9.47 Å². The minimum absolute atomic E-state index is 0.0791. The topological polar surface area (TPSA) is 74.6 Å². The van der Waals surface area contributed by atoms with Gasteiger partial charge in [0.05, 0.1) is 24.3 Å². The number of amides is 1. The lowest BCUT2D eigenvalue weighted by molar-refractivity contribution is -0.115. The zero-order valence-corrected chi connectivity index (χ0v) is 21.6. The fraction of sp³-hybridized carbons (Fsp3) is 0.188. The Labute approximate surface area is 224 Å². The first kappa shape index (κ1) is 26.3. The first-order valence-electron chi connectivity index (χ1n) is 12.6. The molecule has 1 amide bonds. The van der Waals surface area contributed by atoms with Gasteiger partial charge in [0.25, 0.3) is 0 Å². The van der Waals surface area contributed by atoms with Gasteiger partial charge in [-0.3, -0.25) is 4.79 Å². The summed E-state index contributed by atoms with van der Waals surface area (Å²) in [6.45, 7) is 4.98. The first-order chi connectivity index (χ1) is 18.5. The van der Waals surface area contributed by atoms with E-state index in [0.29, 0.717) is 24.4 Å². The molecule has 4 aromatic carbocycles. The Balaban J connectivity index is 1.47. The lowest BCUT2D eigenvalue weighted by Gasteiger charge is -2.25. The standard InChI is InChI=1S/C32H31N3O3/c1-24(2)38-30-16-14-28(15-17-30)34-32(36)22-35(29-12-6-10-26(18-29)20-33)21-27-11-7-13-31(19-27)37-23-25-8-4-3-5-9-25/h3-19,24H,21-23H2,1-2H3,(H,34,36). The minimum atomic E-state index is -0.165. The molecule has 0 fully saturated rings. The Morgan fingerprint density at radius 3 is 2.34 bits per heavy atom. The summed E-state index contributed by atoms with van der Waals surface area (Å²) < 4.78 is 11.7. The predicted octanol–water partition coefficient (Wildman–Crippen LogP) is 6.57. The van der Waals surface area contributed by atoms with Gasteiger partial charge in [-0.05, 0) is 79.6 Å². The van der Waals surface area contributed by atoms with Crippen molar-refractivity contribution in [3.63, 3.8) is 0 Å². The van der Waals surface area contributed by atoms with E-state index in [2.05, 4.69) is 11.4 Å². The third-order valence-corrected chi connectivity index (χ3v) is 5.70. The molecule has 4 aromatic rings. The first-order valence-corrected chi connectivity index (χ1v) is 12.6. The van der Waals surface area contributed by atoms with E-state index in [1.807, 2.05) is 110 Å². The van der Waals surface area contributed by atoms with Crippen molar-refractivity contribution in [1.29, 1.82) is 5.26 Å². The van der Waals surface area contributed by atoms with Gasteiger partial charge in [0.15, 0.2) is 0 Å². The van der Waals surface area contributed by atoms with Crippen LogP contribution in [-0.4, -0.2) is 18.6 Å². The Bertz CT molecular complexity index is 1380. The summed E-state index contributed by atoms with van der Waals surface area (Å²) >= 11 is 0. The molecule has 0 aromatic heterocycles. The second kappa shape index (κ2) is 13.0. The van der Waals surface area contributed by atoms with Gasteiger partial charge in [-0.15, -0.1) is 0 Å². The molecule has 192 valence electrons. The Hall–Kier alpha value is -4.76. The molecule has 4 rings (SSSR count). The van der Waals surface area contributed by atoms with Crippen LogP contribution in [0.4, 0.5) is 11.4 Å². The molecule has 1 N–H and O–H groups in total. The van der Waals surface area contributed by atoms with Crippen LogP contribution in [0.25, 0.3) is 0 Å². The predicted molar refractivity (Wildman–Crippen MR) is 150 cm³/mol. The second-order valence-electron chi connectivity index (χ2n) is 9.18. The number of benzene rings is 4. The highest BCUT2D eigenvalue weighted by molar-refractivity contribution is 5.94. The molecule has 38 heavy (non-hydrogen) atoms. The van der Waals surface area contributed by atoms with Crippen molar-refractivity contribution in [2.75, 3.05) is 16.8 Å². The Morgan fingerprint density at radius 1 is 0.868 bits per heavy atom. The van der Waals surface area contributed by atoms with E-state index in [-0.39, 0.29) is 18.6 Å². The fourth-order valence-electron chi connectivity index (χ4n) is 3.97. The Morgan fingerprint density at radius 2 is 1.61 bits per heavy atom. The number of ether oxygens (including phenoxy) is 2. The fourth-order valence-corrected chi connectivity index (χ4v) is 3.97. The van der Waals surface area contributed by atoms with E-state index < -0.39 is 0 Å². The van der Waals surface area contributed by atoms with Gasteiger partial charge in [-0.1, -0.05) is 48.5 Å². The van der Waals surface area contributed by atoms with Crippen molar-refractivity contribution in [3.8, 4) is 17.6 Å². The number of nitrogens with zero attached hydrogens (tertiary/aromatic N) is 2. The molecular formula is C32H31N3O3. The maximum atomic E-state index is 13.1. The van der Waals surface area contributed by atoms with Crippen molar-refractivity contribution in [2.45, 2.75) is 33.1 Å². The number of rotatable bonds is 11. The summed E-state index contributed by atoms with van der Waals surface area (Å²) in [5.41, 5.74) is 4.09. The average Bonchev–Trinajstić information content (AvgIpc) is 2.93. The van der Waals surface area contributed by atoms with E-state index >= 15 is 0 Å². The van der Waals surface area contributed by atoms with Gasteiger partial charge in [0.1, 0.15) is 18.1 Å². The van der Waals surface area contributed by atoms with Crippen LogP contribution in [0.3, 0.4) is 0 Å². The summed E-state index contributed by atoms with van der Waals surface area (Å²) in [5, 5.41) is 12.4. The number of nitriles is 1. The van der Waals surface area contributed by atoms with E-state index in [1.165, 1.54) is 0 Å². The summed E-state index contributed by atoms with van der Waals surface area (Å²) in [6, 6.07) is 34.6. The molecule has 0 aliphatic heterocycles. The molecule has 0 spiro atoms. The van der Waals surface area contributed by atoms with Crippen LogP contribution in [0, 0.1) is 11.3 Å². The van der Waals surface area contributed by atoms with Crippen molar-refractivity contribution < 1.29 is 14.3 Å². The number of nitrogens with one attached hydrogen (secondary N) is 1. The molecule has 0 saturated carbocycles. The minimum Gasteiger partial charge on any atom is -0.491 e. The zero-order valence-electron chi connectivity index (χ0n) is 21.6. The molecule has 0 saturated heterocycles. The number of anilines is 2. The van der Waals surface area contributed by atoms with Crippen LogP contribution in [0.1, 0.15) is 30.5 Å². The van der Waals surface area contributed by atoms with Gasteiger partial charge < -0.3 is 19.7 Å². The van der Waals surface area contributed by atoms with Crippen LogP contribution in [0.5, 0.6) is 11.5 Å². The average molecular weight is 506 g/mol. The largest absolute Gasteiger partial charge is 0.491 e. The monoisotopic (exact) mass is 505 g/mol. The number of hydrogen-bond donors (Lipinski definition) is 1. The lowest BCUT2D eigenvalue weighted by Crippen LogP contribution is -2.33. The normalized spacial score (nSPS) is 10.5. The number of hydrogen-bond acceptors (Lipinski definition) is 5. The van der Waals surface area contributed by atoms with Crippen LogP contribution in [0.15, 0.2) is 103 Å². The maximum Gasteiger partial charge on any atom is 0.243 e. The highest BCUT2D eigenvalue weighted by Crippen LogP contribution is 2.22. The Kier molecular flexibility index (Phi) is 8.98. The van der Waals surface area contributed by atoms with Crippen molar-refractivity contribution in [1.82, 2.24) is 0 Å². The van der Waals surface area contributed by atoms with E-state index in [9.17, 15) is 10.1 Å². The van der Waals surface area contributed by atoms with Crippen LogP contribution >= 0.6 is 0 Å². The van der Waals surface area contributed by atoms with Gasteiger partial charge in [0.2, 0.25) is 5.91 Å². The van der Waals surface area contributed by atoms with E-state index in [1.54, 1.807) is 12.1 Å². The van der Waals surface area contributed by atoms with Crippen LogP contribution < -0.4 is 19.7 Å². The van der Waals surface area contributed by atoms with Gasteiger partial charge in [-0.2, -0.15) is 5.26 Å². The molecule has 0 radical (unpaired) electrons. The molecule has 6 nitrogen and oxygen atoms in total. The highest BCUT2D eigenvalue weighted by Gasteiger charge is 2.14. The lowest BCUT2D eigenvalue weighted by atomic mass is 10.1. The smallest absolute Gasteiger partial charge is 0.243 e. The zero-order chi connectivity index (χ0) is 26.7. The van der Waals surface area contributed by atoms with E-state index in [0.717, 1.165) is 28.3 Å². The second-order valence-corrected chi connectivity index (χ2v) is 9.18. The summed E-state index contributed by atoms with van der Waals surface area (Å²) in [6.07, 6.45) is 0.0791. The third-order valence-electron chi connectivity index (χ3n) is 5.70. The quantitative estimate of drug-likeness (QED) is 0.250. The highest BCUT2D eigenvalue weighted by atomic mass is 16.5. The van der Waals surface area contributed by atoms with Crippen molar-refractivity contribution >= 4 is 17.3 Å². The molecule has 0 heterocycles. The van der Waals surface area contributed by atoms with Crippen LogP contribution in [-0.2, 0) is 17.9 Å². The summed E-state index contributed by atoms with van der Waals surface area (Å²) in [5.74, 6) is 1.34. The molecule has 0 bridgehead atoms. The number of carbonyl (C=O) groups excluding carboxylic acids is 1. The molecular weight excluding hydrogens is 474 g/mol. The van der Waals surface area contributed by atoms with Gasteiger partial charge in [0, 0.05) is 17.9 Å². The van der Waals surface area contributed by atoms with Crippen molar-refractivity contribution in [3.05, 3.63) is 120 Å². The van der Waals surface area contributed by atoms with Crippen LogP contribution in [0.2, 0.25) is 0 Å². The molecule has 0 unspecified atom stereocenters. The summed E-state index contributed by atoms with van der Waals surface area (Å²) in [4.78, 5) is 15.0. The SMILES string of the molecule is CC(C)Oc1ccc(NC(=O)CN(Cc2cccc(OCc3ccccc3)c2)c2cccc(C#N)c2)cc1. The van der Waals surface area contributed by atoms with Gasteiger partial charge in [-0.25, -0.2) is 0 Å². The third kappa shape index (κ3) is 7.87. The maximum absolute atomic E-state index is 13.1. The molecule has 6 heteroatoms. The molecule has 0 aliphatic carbocycles. The molecule has 0 atom stereocenters. The summed E-state index contributed by atoms with van der Waals surface area (Å²) in [7, 11) is 0.